The van der Waals surface area contributed by atoms with Gasteiger partial charge in [-0.15, -0.1) is 5.10 Å². The maximum absolute atomic E-state index is 11.8. The van der Waals surface area contributed by atoms with Gasteiger partial charge in [0.15, 0.2) is 5.69 Å². The van der Waals surface area contributed by atoms with Crippen LogP contribution < -0.4 is 5.32 Å². The van der Waals surface area contributed by atoms with Gasteiger partial charge < -0.3 is 15.5 Å². The van der Waals surface area contributed by atoms with E-state index in [1.165, 1.54) is 12.3 Å². The minimum absolute atomic E-state index is 0.270. The summed E-state index contributed by atoms with van der Waals surface area (Å²) >= 11 is 5.86. The van der Waals surface area contributed by atoms with Gasteiger partial charge in [-0.1, -0.05) is 28.9 Å². The molecule has 2 aromatic heterocycles. The number of rotatable bonds is 6. The molecule has 0 atom stereocenters. The number of carbonyl (C=O) groups excluding carboxylic acids is 1. The highest BCUT2D eigenvalue weighted by atomic mass is 35.5. The zero-order valence-electron chi connectivity index (χ0n) is 13.8. The summed E-state index contributed by atoms with van der Waals surface area (Å²) in [5, 5.41) is 29.4. The van der Waals surface area contributed by atoms with Gasteiger partial charge in [-0.3, -0.25) is 9.59 Å². The molecule has 2 heterocycles. The molecular weight excluding hydrogens is 374 g/mol. The van der Waals surface area contributed by atoms with Gasteiger partial charge in [-0.05, 0) is 23.8 Å². The molecule has 1 amide bonds. The zero-order chi connectivity index (χ0) is 19.4. The molecule has 1 aromatic carbocycles. The molecule has 10 heteroatoms. The van der Waals surface area contributed by atoms with E-state index in [2.05, 4.69) is 20.6 Å². The molecule has 3 rings (SSSR count). The van der Waals surface area contributed by atoms with Gasteiger partial charge in [0.05, 0.1) is 12.7 Å². The highest BCUT2D eigenvalue weighted by Crippen LogP contribution is 2.23. The Balaban J connectivity index is 1.74. The number of carboxylic acids is 1. The minimum Gasteiger partial charge on any atom is -0.505 e. The lowest BCUT2D eigenvalue weighted by atomic mass is 10.2. The lowest BCUT2D eigenvalue weighted by molar-refractivity contribution is -0.135. The van der Waals surface area contributed by atoms with E-state index in [9.17, 15) is 14.7 Å². The summed E-state index contributed by atoms with van der Waals surface area (Å²) in [7, 11) is 0. The van der Waals surface area contributed by atoms with E-state index in [1.807, 2.05) is 12.1 Å². The normalized spacial score (nSPS) is 10.6. The lowest BCUT2D eigenvalue weighted by Crippen LogP contribution is -2.29. The Bertz CT molecular complexity index is 987. The van der Waals surface area contributed by atoms with Crippen molar-refractivity contribution in [1.29, 1.82) is 0 Å². The van der Waals surface area contributed by atoms with E-state index in [4.69, 9.17) is 16.7 Å². The average molecular weight is 388 g/mol. The number of aliphatic carboxylic acids is 1. The van der Waals surface area contributed by atoms with E-state index < -0.39 is 18.4 Å². The highest BCUT2D eigenvalue weighted by molar-refractivity contribution is 6.30. The minimum atomic E-state index is -1.20. The fraction of sp³-hybridized carbons (Fsp3) is 0.118. The van der Waals surface area contributed by atoms with Crippen LogP contribution in [-0.4, -0.2) is 48.6 Å². The average Bonchev–Trinajstić information content (AvgIpc) is 3.10. The fourth-order valence-electron chi connectivity index (χ4n) is 2.29. The molecule has 9 nitrogen and oxygen atoms in total. The Kier molecular flexibility index (Phi) is 5.32. The van der Waals surface area contributed by atoms with Crippen LogP contribution in [0.25, 0.3) is 11.3 Å². The standard InChI is InChI=1S/C17H14ClN5O4/c18-12-3-1-10(2-4-12)8-23-9-13(21-22-23)11-5-14(24)16(19-6-11)17(27)20-7-15(25)26/h1-6,9,24H,7-8H2,(H,20,27)(H,25,26). The number of carbonyl (C=O) groups is 2. The Labute approximate surface area is 158 Å². The predicted octanol–water partition coefficient (Wildman–Crippen LogP) is 1.56. The van der Waals surface area contributed by atoms with Gasteiger partial charge >= 0.3 is 5.97 Å². The Hall–Kier alpha value is -3.46. The van der Waals surface area contributed by atoms with E-state index in [-0.39, 0.29) is 11.4 Å². The van der Waals surface area contributed by atoms with Crippen LogP contribution >= 0.6 is 11.6 Å². The number of amides is 1. The van der Waals surface area contributed by atoms with Crippen molar-refractivity contribution in [3.8, 4) is 17.0 Å². The largest absolute Gasteiger partial charge is 0.505 e. The summed E-state index contributed by atoms with van der Waals surface area (Å²) in [6, 6.07) is 8.64. The smallest absolute Gasteiger partial charge is 0.322 e. The second kappa shape index (κ2) is 7.83. The van der Waals surface area contributed by atoms with E-state index in [0.717, 1.165) is 5.56 Å². The first-order valence-electron chi connectivity index (χ1n) is 7.76. The van der Waals surface area contributed by atoms with Crippen molar-refractivity contribution in [3.05, 3.63) is 59.0 Å². The number of halogens is 1. The van der Waals surface area contributed by atoms with Crippen molar-refractivity contribution in [2.24, 2.45) is 0 Å². The first-order chi connectivity index (χ1) is 12.9. The summed E-state index contributed by atoms with van der Waals surface area (Å²) in [5.41, 5.74) is 1.64. The molecule has 3 aromatic rings. The highest BCUT2D eigenvalue weighted by Gasteiger charge is 2.16. The number of nitrogens with one attached hydrogen (secondary N) is 1. The van der Waals surface area contributed by atoms with Crippen LogP contribution in [0.3, 0.4) is 0 Å². The maximum atomic E-state index is 11.8. The number of carboxylic acid groups (broad SMARTS) is 1. The first kappa shape index (κ1) is 18.3. The van der Waals surface area contributed by atoms with Gasteiger partial charge in [0.25, 0.3) is 5.91 Å². The molecule has 27 heavy (non-hydrogen) atoms. The van der Waals surface area contributed by atoms with Gasteiger partial charge in [0.2, 0.25) is 0 Å². The zero-order valence-corrected chi connectivity index (χ0v) is 14.6. The van der Waals surface area contributed by atoms with Crippen molar-refractivity contribution >= 4 is 23.5 Å². The van der Waals surface area contributed by atoms with Gasteiger partial charge in [0.1, 0.15) is 18.0 Å². The molecule has 0 aliphatic rings. The van der Waals surface area contributed by atoms with Crippen LogP contribution in [0.2, 0.25) is 5.02 Å². The van der Waals surface area contributed by atoms with Crippen LogP contribution in [0.15, 0.2) is 42.7 Å². The molecule has 0 radical (unpaired) electrons. The lowest BCUT2D eigenvalue weighted by Gasteiger charge is -2.05. The molecule has 0 fully saturated rings. The van der Waals surface area contributed by atoms with Crippen LogP contribution in [0.5, 0.6) is 5.75 Å². The number of hydrogen-bond donors (Lipinski definition) is 3. The van der Waals surface area contributed by atoms with Crippen LogP contribution in [-0.2, 0) is 11.3 Å². The number of benzene rings is 1. The summed E-state index contributed by atoms with van der Waals surface area (Å²) in [6.45, 7) is -0.0833. The SMILES string of the molecule is O=C(O)CNC(=O)c1ncc(-c2cn(Cc3ccc(Cl)cc3)nn2)cc1O. The molecule has 0 unspecified atom stereocenters. The summed E-state index contributed by atoms with van der Waals surface area (Å²) in [4.78, 5) is 26.2. The molecule has 0 saturated heterocycles. The molecule has 0 spiro atoms. The van der Waals surface area contributed by atoms with Gasteiger partial charge in [-0.25, -0.2) is 9.67 Å². The van der Waals surface area contributed by atoms with Gasteiger partial charge in [0, 0.05) is 16.8 Å². The molecule has 0 aliphatic heterocycles. The van der Waals surface area contributed by atoms with Crippen LogP contribution in [0.1, 0.15) is 16.1 Å². The molecule has 0 aliphatic carbocycles. The Morgan fingerprint density at radius 1 is 1.22 bits per heavy atom. The number of aromatic nitrogens is 4. The Morgan fingerprint density at radius 2 is 1.96 bits per heavy atom. The number of aromatic hydroxyl groups is 1. The summed E-state index contributed by atoms with van der Waals surface area (Å²) in [6.07, 6.45) is 3.03. The number of hydrogen-bond acceptors (Lipinski definition) is 6. The monoisotopic (exact) mass is 387 g/mol. The molecular formula is C17H14ClN5O4. The van der Waals surface area contributed by atoms with Crippen molar-refractivity contribution < 1.29 is 19.8 Å². The molecule has 0 saturated carbocycles. The third-order valence-corrected chi connectivity index (χ3v) is 3.83. The quantitative estimate of drug-likeness (QED) is 0.585. The summed E-state index contributed by atoms with van der Waals surface area (Å²) in [5.74, 6) is -2.37. The second-order valence-corrected chi connectivity index (χ2v) is 6.03. The van der Waals surface area contributed by atoms with Gasteiger partial charge in [-0.2, -0.15) is 0 Å². The first-order valence-corrected chi connectivity index (χ1v) is 8.14. The van der Waals surface area contributed by atoms with Crippen molar-refractivity contribution in [2.45, 2.75) is 6.54 Å². The number of pyridine rings is 1. The van der Waals surface area contributed by atoms with Crippen LogP contribution in [0.4, 0.5) is 0 Å². The molecule has 0 bridgehead atoms. The van der Waals surface area contributed by atoms with E-state index in [0.29, 0.717) is 22.8 Å². The van der Waals surface area contributed by atoms with Crippen molar-refractivity contribution in [2.75, 3.05) is 6.54 Å². The van der Waals surface area contributed by atoms with E-state index >= 15 is 0 Å². The third-order valence-electron chi connectivity index (χ3n) is 3.58. The number of nitrogens with zero attached hydrogens (tertiary/aromatic N) is 4. The topological polar surface area (TPSA) is 130 Å². The Morgan fingerprint density at radius 3 is 2.63 bits per heavy atom. The van der Waals surface area contributed by atoms with Crippen molar-refractivity contribution in [3.63, 3.8) is 0 Å². The maximum Gasteiger partial charge on any atom is 0.322 e. The van der Waals surface area contributed by atoms with Crippen molar-refractivity contribution in [1.82, 2.24) is 25.3 Å². The van der Waals surface area contributed by atoms with Crippen LogP contribution in [0, 0.1) is 0 Å². The third kappa shape index (κ3) is 4.59. The second-order valence-electron chi connectivity index (χ2n) is 5.60. The summed E-state index contributed by atoms with van der Waals surface area (Å²) < 4.78 is 1.61. The fourth-order valence-corrected chi connectivity index (χ4v) is 2.42. The predicted molar refractivity (Wildman–Crippen MR) is 95.4 cm³/mol. The molecule has 138 valence electrons. The van der Waals surface area contributed by atoms with E-state index in [1.54, 1.807) is 23.0 Å². The molecule has 3 N–H and O–H groups in total.